The number of nitrogens with zero attached hydrogens (tertiary/aromatic N) is 4. The number of carbonyl (C=O) groups is 1. The zero-order chi connectivity index (χ0) is 27.6. The number of aliphatic hydroxyl groups excluding tert-OH is 1. The van der Waals surface area contributed by atoms with Gasteiger partial charge in [0.15, 0.2) is 10.8 Å². The molecule has 2 aliphatic rings. The van der Waals surface area contributed by atoms with Gasteiger partial charge in [0.25, 0.3) is 5.91 Å². The summed E-state index contributed by atoms with van der Waals surface area (Å²) in [5.41, 5.74) is 1.06. The molecule has 1 aromatic carbocycles. The summed E-state index contributed by atoms with van der Waals surface area (Å²) >= 11 is 1.21. The van der Waals surface area contributed by atoms with Crippen molar-refractivity contribution < 1.29 is 28.6 Å². The minimum atomic E-state index is -3.00. The first-order valence-corrected chi connectivity index (χ1v) is 14.9. The molecule has 5 rings (SSSR count). The zero-order valence-electron chi connectivity index (χ0n) is 21.6. The predicted octanol–water partition coefficient (Wildman–Crippen LogP) is 4.30. The Morgan fingerprint density at radius 3 is 2.62 bits per heavy atom. The molecule has 0 unspecified atom stereocenters. The lowest BCUT2D eigenvalue weighted by Crippen LogP contribution is -2.25. The monoisotopic (exact) mass is 573 g/mol. The minimum Gasteiger partial charge on any atom is -0.476 e. The summed E-state index contributed by atoms with van der Waals surface area (Å²) in [7, 11) is 0.924. The summed E-state index contributed by atoms with van der Waals surface area (Å²) in [6.45, 7) is 1.25. The molecular formula is C26H31N5O6S2. The van der Waals surface area contributed by atoms with E-state index in [4.69, 9.17) is 9.57 Å². The normalized spacial score (nSPS) is 19.7. The topological polar surface area (TPSA) is 150 Å². The lowest BCUT2D eigenvalue weighted by atomic mass is 10.1. The van der Waals surface area contributed by atoms with Gasteiger partial charge < -0.3 is 19.6 Å². The van der Waals surface area contributed by atoms with Gasteiger partial charge in [0.1, 0.15) is 23.1 Å². The van der Waals surface area contributed by atoms with Gasteiger partial charge in [-0.15, -0.1) is 10.6 Å². The summed E-state index contributed by atoms with van der Waals surface area (Å²) in [5.74, 6) is -0.0624. The number of fused-ring (bicyclic) bond motifs is 1. The molecule has 11 nitrogen and oxygen atoms in total. The molecular weight excluding hydrogens is 542 g/mol. The van der Waals surface area contributed by atoms with E-state index in [1.54, 1.807) is 42.5 Å². The second-order valence-electron chi connectivity index (χ2n) is 9.68. The quantitative estimate of drug-likeness (QED) is 0.194. The molecule has 1 fully saturated rings. The van der Waals surface area contributed by atoms with E-state index in [9.17, 15) is 19.0 Å². The molecule has 208 valence electrons. The molecule has 0 spiro atoms. The van der Waals surface area contributed by atoms with Crippen LogP contribution in [0.2, 0.25) is 0 Å². The Kier molecular flexibility index (Phi) is 8.16. The molecule has 1 saturated carbocycles. The highest BCUT2D eigenvalue weighted by Crippen LogP contribution is 2.61. The lowest BCUT2D eigenvalue weighted by molar-refractivity contribution is -0.110. The van der Waals surface area contributed by atoms with E-state index in [1.807, 2.05) is 19.0 Å². The first kappa shape index (κ1) is 27.5. The SMILES string of the molecule is CN(C)CCOc1ccc2nc(NC(=O)C(=NO[C@@H]3CC[C@@H](O)C3)c3ccc(S(O)(O)C4=CC4)cc3)sc2n1. The maximum atomic E-state index is 13.4. The number of benzene rings is 1. The summed E-state index contributed by atoms with van der Waals surface area (Å²) in [6.07, 6.45) is 3.31. The van der Waals surface area contributed by atoms with Crippen molar-refractivity contribution >= 4 is 49.0 Å². The molecule has 3 aromatic rings. The van der Waals surface area contributed by atoms with Crippen LogP contribution >= 0.6 is 21.9 Å². The number of allylic oxidation sites excluding steroid dienone is 2. The van der Waals surface area contributed by atoms with Crippen molar-refractivity contribution in [3.05, 3.63) is 52.9 Å². The number of ether oxygens (including phenoxy) is 1. The highest BCUT2D eigenvalue weighted by atomic mass is 32.3. The van der Waals surface area contributed by atoms with Crippen LogP contribution in [0.5, 0.6) is 5.88 Å². The molecule has 39 heavy (non-hydrogen) atoms. The predicted molar refractivity (Wildman–Crippen MR) is 152 cm³/mol. The molecule has 2 aliphatic carbocycles. The van der Waals surface area contributed by atoms with Gasteiger partial charge in [0, 0.05) is 35.9 Å². The second-order valence-corrected chi connectivity index (χ2v) is 12.8. The number of pyridine rings is 1. The molecule has 0 radical (unpaired) electrons. The fourth-order valence-corrected chi connectivity index (χ4v) is 6.21. The fourth-order valence-electron chi connectivity index (χ4n) is 4.02. The Hall–Kier alpha value is -3.07. The molecule has 13 heteroatoms. The molecule has 2 heterocycles. The Balaban J connectivity index is 1.34. The number of anilines is 1. The molecule has 0 bridgehead atoms. The number of aliphatic hydroxyl groups is 1. The van der Waals surface area contributed by atoms with Crippen LogP contribution in [0.15, 0.2) is 57.4 Å². The number of hydrogen-bond acceptors (Lipinski definition) is 11. The molecule has 0 aliphatic heterocycles. The van der Waals surface area contributed by atoms with E-state index in [1.165, 1.54) is 11.3 Å². The average molecular weight is 574 g/mol. The molecule has 2 aromatic heterocycles. The third-order valence-corrected chi connectivity index (χ3v) is 9.17. The smallest absolute Gasteiger partial charge is 0.280 e. The van der Waals surface area contributed by atoms with E-state index in [0.29, 0.717) is 69.0 Å². The third kappa shape index (κ3) is 6.75. The van der Waals surface area contributed by atoms with Crippen molar-refractivity contribution in [1.82, 2.24) is 14.9 Å². The molecule has 1 amide bonds. The highest BCUT2D eigenvalue weighted by Gasteiger charge is 2.28. The number of carbonyl (C=O) groups excluding carboxylic acids is 1. The molecule has 2 atom stereocenters. The number of nitrogens with one attached hydrogen (secondary N) is 1. The van der Waals surface area contributed by atoms with Crippen LogP contribution in [-0.4, -0.2) is 80.2 Å². The first-order valence-electron chi connectivity index (χ1n) is 12.5. The Labute approximate surface area is 231 Å². The third-order valence-electron chi connectivity index (χ3n) is 6.30. The number of oxime groups is 1. The largest absolute Gasteiger partial charge is 0.476 e. The summed E-state index contributed by atoms with van der Waals surface area (Å²) in [6, 6.07) is 9.89. The van der Waals surface area contributed by atoms with Crippen molar-refractivity contribution in [3.63, 3.8) is 0 Å². The summed E-state index contributed by atoms with van der Waals surface area (Å²) in [5, 5.41) is 17.1. The van der Waals surface area contributed by atoms with Gasteiger partial charge in [-0.1, -0.05) is 34.7 Å². The van der Waals surface area contributed by atoms with Crippen molar-refractivity contribution in [2.45, 2.75) is 42.8 Å². The van der Waals surface area contributed by atoms with E-state index in [2.05, 4.69) is 20.4 Å². The number of thiazole rings is 1. The average Bonchev–Trinajstić information content (AvgIpc) is 3.58. The van der Waals surface area contributed by atoms with Gasteiger partial charge in [-0.3, -0.25) is 19.2 Å². The number of amides is 1. The van der Waals surface area contributed by atoms with Crippen LogP contribution in [0.4, 0.5) is 5.13 Å². The molecule has 4 N–H and O–H groups in total. The lowest BCUT2D eigenvalue weighted by Gasteiger charge is -2.30. The Morgan fingerprint density at radius 2 is 1.95 bits per heavy atom. The van der Waals surface area contributed by atoms with Gasteiger partial charge in [0.2, 0.25) is 5.88 Å². The standard InChI is InChI=1S/C26H31N5O6S2/c1-31(2)13-14-36-22-12-11-21-25(28-22)38-26(27-21)29-24(33)23(30-37-18-6-5-17(32)15-18)16-3-7-19(8-4-16)39(34,35)20-9-10-20/h3-4,7-9,11-12,17-18,32,34-35H,5-6,10,13-15H2,1-2H3,(H,27,29,33)/t17-,18-/m1/s1. The molecule has 0 saturated heterocycles. The number of rotatable bonds is 11. The van der Waals surface area contributed by atoms with E-state index >= 15 is 0 Å². The van der Waals surface area contributed by atoms with Crippen LogP contribution in [-0.2, 0) is 9.63 Å². The van der Waals surface area contributed by atoms with Crippen molar-refractivity contribution in [3.8, 4) is 5.88 Å². The fraction of sp³-hybridized carbons (Fsp3) is 0.385. The summed E-state index contributed by atoms with van der Waals surface area (Å²) in [4.78, 5) is 31.6. The first-order chi connectivity index (χ1) is 18.7. The van der Waals surface area contributed by atoms with Crippen molar-refractivity contribution in [2.75, 3.05) is 32.6 Å². The number of aromatic nitrogens is 2. The van der Waals surface area contributed by atoms with Gasteiger partial charge >= 0.3 is 0 Å². The van der Waals surface area contributed by atoms with Gasteiger partial charge in [-0.05, 0) is 45.1 Å². The van der Waals surface area contributed by atoms with Crippen molar-refractivity contribution in [2.24, 2.45) is 5.16 Å². The Bertz CT molecular complexity index is 1410. The van der Waals surface area contributed by atoms with Gasteiger partial charge in [-0.2, -0.15) is 0 Å². The van der Waals surface area contributed by atoms with Crippen molar-refractivity contribution in [1.29, 1.82) is 0 Å². The van der Waals surface area contributed by atoms with E-state index in [-0.39, 0.29) is 11.8 Å². The number of likely N-dealkylation sites (N-methyl/N-ethyl adjacent to an activating group) is 1. The van der Waals surface area contributed by atoms with Crippen LogP contribution in [0.25, 0.3) is 10.3 Å². The van der Waals surface area contributed by atoms with Crippen LogP contribution in [0.1, 0.15) is 31.2 Å². The van der Waals surface area contributed by atoms with Crippen LogP contribution in [0.3, 0.4) is 0 Å². The van der Waals surface area contributed by atoms with Crippen LogP contribution < -0.4 is 10.1 Å². The summed E-state index contributed by atoms with van der Waals surface area (Å²) < 4.78 is 26.7. The second kappa shape index (κ2) is 11.6. The van der Waals surface area contributed by atoms with Gasteiger partial charge in [0.05, 0.1) is 11.0 Å². The number of hydrogen-bond donors (Lipinski definition) is 4. The van der Waals surface area contributed by atoms with E-state index in [0.717, 1.165) is 6.54 Å². The highest BCUT2D eigenvalue weighted by molar-refractivity contribution is 8.27. The maximum Gasteiger partial charge on any atom is 0.280 e. The van der Waals surface area contributed by atoms with E-state index < -0.39 is 22.6 Å². The maximum absolute atomic E-state index is 13.4. The minimum absolute atomic E-state index is 0.00461. The van der Waals surface area contributed by atoms with Crippen LogP contribution in [0, 0.1) is 0 Å². The van der Waals surface area contributed by atoms with Gasteiger partial charge in [-0.25, -0.2) is 9.97 Å². The zero-order valence-corrected chi connectivity index (χ0v) is 23.2. The Morgan fingerprint density at radius 1 is 1.18 bits per heavy atom.